The van der Waals surface area contributed by atoms with E-state index < -0.39 is 24.9 Å². The Bertz CT molecular complexity index is 664. The van der Waals surface area contributed by atoms with Crippen LogP contribution in [0.2, 0.25) is 0 Å². The fraction of sp³-hybridized carbons (Fsp3) is 0.579. The molecule has 0 radical (unpaired) electrons. The normalized spacial score (nSPS) is 14.6. The molecule has 0 bridgehead atoms. The number of carbonyl (C=O) groups excluding carboxylic acids is 2. The fourth-order valence-electron chi connectivity index (χ4n) is 2.73. The van der Waals surface area contributed by atoms with Crippen molar-refractivity contribution in [3.8, 4) is 11.5 Å². The van der Waals surface area contributed by atoms with Crippen molar-refractivity contribution >= 4 is 12.1 Å². The highest BCUT2D eigenvalue weighted by molar-refractivity contribution is 5.76. The van der Waals surface area contributed by atoms with Gasteiger partial charge in [0.1, 0.15) is 6.04 Å². The molecule has 2 rings (SSSR count). The molecular weight excluding hydrogens is 352 g/mol. The lowest BCUT2D eigenvalue weighted by Crippen LogP contribution is -2.41. The van der Waals surface area contributed by atoms with E-state index in [9.17, 15) is 9.59 Å². The summed E-state index contributed by atoms with van der Waals surface area (Å²) in [4.78, 5) is 25.6. The topological polar surface area (TPSA) is 100 Å². The van der Waals surface area contributed by atoms with Crippen molar-refractivity contribution in [2.75, 3.05) is 20.1 Å². The highest BCUT2D eigenvalue weighted by Gasteiger charge is 2.23. The van der Waals surface area contributed by atoms with E-state index in [0.717, 1.165) is 11.3 Å². The Morgan fingerprint density at radius 1 is 1.19 bits per heavy atom. The zero-order valence-electron chi connectivity index (χ0n) is 16.3. The van der Waals surface area contributed by atoms with Crippen LogP contribution >= 0.6 is 0 Å². The van der Waals surface area contributed by atoms with Gasteiger partial charge in [0.2, 0.25) is 13.6 Å². The maximum absolute atomic E-state index is 12.3. The molecule has 8 heteroatoms. The molecular formula is C19H28N2O6. The predicted molar refractivity (Wildman–Crippen MR) is 98.4 cm³/mol. The van der Waals surface area contributed by atoms with Crippen LogP contribution in [0.25, 0.3) is 0 Å². The molecule has 2 N–H and O–H groups in total. The molecule has 1 heterocycles. The number of likely N-dealkylation sites (N-methyl/N-ethyl adjacent to an activating group) is 1. The van der Waals surface area contributed by atoms with Gasteiger partial charge in [-0.05, 0) is 43.9 Å². The van der Waals surface area contributed by atoms with Crippen LogP contribution in [0.15, 0.2) is 18.2 Å². The largest absolute Gasteiger partial charge is 0.454 e. The van der Waals surface area contributed by atoms with E-state index in [-0.39, 0.29) is 18.8 Å². The van der Waals surface area contributed by atoms with Crippen LogP contribution in [0, 0.1) is 5.92 Å². The summed E-state index contributed by atoms with van der Waals surface area (Å²) in [5.41, 5.74) is 6.71. The van der Waals surface area contributed by atoms with Crippen molar-refractivity contribution in [2.45, 2.75) is 46.2 Å². The lowest BCUT2D eigenvalue weighted by atomic mass is 10.1. The van der Waals surface area contributed by atoms with E-state index in [4.69, 9.17) is 24.7 Å². The van der Waals surface area contributed by atoms with Gasteiger partial charge < -0.3 is 29.6 Å². The fourth-order valence-corrected chi connectivity index (χ4v) is 2.73. The summed E-state index contributed by atoms with van der Waals surface area (Å²) in [6, 6.07) is 4.86. The molecule has 2 atom stereocenters. The first kappa shape index (κ1) is 20.8. The summed E-state index contributed by atoms with van der Waals surface area (Å²) < 4.78 is 20.7. The lowest BCUT2D eigenvalue weighted by molar-refractivity contribution is -0.155. The molecule has 0 aromatic heterocycles. The average molecular weight is 380 g/mol. The summed E-state index contributed by atoms with van der Waals surface area (Å²) in [6.07, 6.45) is 0.0779. The number of rotatable bonds is 8. The number of nitrogens with two attached hydrogens (primary N) is 1. The van der Waals surface area contributed by atoms with Crippen LogP contribution in [-0.2, 0) is 20.7 Å². The van der Waals surface area contributed by atoms with Crippen molar-refractivity contribution in [3.63, 3.8) is 0 Å². The minimum Gasteiger partial charge on any atom is -0.454 e. The Balaban J connectivity index is 1.85. The Morgan fingerprint density at radius 3 is 2.56 bits per heavy atom. The molecule has 2 unspecified atom stereocenters. The SMILES string of the molecule is CCN(C(=O)OCOC(=O)C(N)C(C)C)C(C)Cc1ccc2c(c1)OCO2. The number of fused-ring (bicyclic) bond motifs is 1. The number of benzene rings is 1. The molecule has 150 valence electrons. The second-order valence-corrected chi connectivity index (χ2v) is 6.79. The number of hydrogen-bond acceptors (Lipinski definition) is 7. The number of carbonyl (C=O) groups is 2. The Kier molecular flexibility index (Phi) is 7.29. The molecule has 1 aliphatic rings. The number of ether oxygens (including phenoxy) is 4. The molecule has 0 spiro atoms. The van der Waals surface area contributed by atoms with Gasteiger partial charge in [-0.15, -0.1) is 0 Å². The summed E-state index contributed by atoms with van der Waals surface area (Å²) in [5.74, 6) is 0.787. The first-order valence-corrected chi connectivity index (χ1v) is 9.07. The smallest absolute Gasteiger partial charge is 0.412 e. The zero-order chi connectivity index (χ0) is 20.0. The molecule has 1 aromatic carbocycles. The van der Waals surface area contributed by atoms with E-state index in [1.807, 2.05) is 45.9 Å². The number of esters is 1. The summed E-state index contributed by atoms with van der Waals surface area (Å²) in [5, 5.41) is 0. The third kappa shape index (κ3) is 5.50. The molecule has 0 aliphatic carbocycles. The highest BCUT2D eigenvalue weighted by atomic mass is 16.7. The van der Waals surface area contributed by atoms with Gasteiger partial charge in [-0.25, -0.2) is 4.79 Å². The minimum atomic E-state index is -0.740. The molecule has 0 saturated heterocycles. The first-order valence-electron chi connectivity index (χ1n) is 9.07. The quantitative estimate of drug-likeness (QED) is 0.545. The van der Waals surface area contributed by atoms with Crippen LogP contribution in [-0.4, -0.2) is 49.2 Å². The number of nitrogens with zero attached hydrogens (tertiary/aromatic N) is 1. The van der Waals surface area contributed by atoms with Crippen molar-refractivity contribution in [1.29, 1.82) is 0 Å². The first-order chi connectivity index (χ1) is 12.8. The zero-order valence-corrected chi connectivity index (χ0v) is 16.3. The van der Waals surface area contributed by atoms with Crippen LogP contribution in [0.5, 0.6) is 11.5 Å². The Hall–Kier alpha value is -2.48. The van der Waals surface area contributed by atoms with Crippen LogP contribution < -0.4 is 15.2 Å². The molecule has 0 fully saturated rings. The minimum absolute atomic E-state index is 0.0536. The van der Waals surface area contributed by atoms with E-state index in [2.05, 4.69) is 0 Å². The van der Waals surface area contributed by atoms with Gasteiger partial charge in [0, 0.05) is 12.6 Å². The van der Waals surface area contributed by atoms with Crippen LogP contribution in [0.3, 0.4) is 0 Å². The third-order valence-corrected chi connectivity index (χ3v) is 4.45. The maximum Gasteiger partial charge on any atom is 0.412 e. The van der Waals surface area contributed by atoms with Gasteiger partial charge >= 0.3 is 12.1 Å². The third-order valence-electron chi connectivity index (χ3n) is 4.45. The Labute approximate surface area is 159 Å². The average Bonchev–Trinajstić information content (AvgIpc) is 3.09. The monoisotopic (exact) mass is 380 g/mol. The van der Waals surface area contributed by atoms with Crippen LogP contribution in [0.4, 0.5) is 4.79 Å². The van der Waals surface area contributed by atoms with E-state index in [0.29, 0.717) is 18.7 Å². The van der Waals surface area contributed by atoms with Gasteiger partial charge in [-0.2, -0.15) is 0 Å². The summed E-state index contributed by atoms with van der Waals surface area (Å²) in [7, 11) is 0. The molecule has 27 heavy (non-hydrogen) atoms. The number of amides is 1. The van der Waals surface area contributed by atoms with Crippen molar-refractivity contribution in [1.82, 2.24) is 4.90 Å². The van der Waals surface area contributed by atoms with Gasteiger partial charge in [-0.1, -0.05) is 19.9 Å². The summed E-state index contributed by atoms with van der Waals surface area (Å²) >= 11 is 0. The molecule has 8 nitrogen and oxygen atoms in total. The predicted octanol–water partition coefficient (Wildman–Crippen LogP) is 2.29. The Morgan fingerprint density at radius 2 is 1.89 bits per heavy atom. The second-order valence-electron chi connectivity index (χ2n) is 6.79. The van der Waals surface area contributed by atoms with Gasteiger partial charge in [-0.3, -0.25) is 4.79 Å². The molecule has 1 amide bonds. The second kappa shape index (κ2) is 9.45. The van der Waals surface area contributed by atoms with Crippen molar-refractivity contribution in [3.05, 3.63) is 23.8 Å². The number of hydrogen-bond donors (Lipinski definition) is 1. The van der Waals surface area contributed by atoms with E-state index in [1.165, 1.54) is 0 Å². The van der Waals surface area contributed by atoms with Gasteiger partial charge in [0.05, 0.1) is 0 Å². The summed E-state index contributed by atoms with van der Waals surface area (Å²) in [6.45, 7) is 7.65. The maximum atomic E-state index is 12.3. The lowest BCUT2D eigenvalue weighted by Gasteiger charge is -2.27. The van der Waals surface area contributed by atoms with Crippen molar-refractivity contribution < 1.29 is 28.5 Å². The molecule has 0 saturated carbocycles. The molecule has 1 aliphatic heterocycles. The molecule has 1 aromatic rings. The van der Waals surface area contributed by atoms with E-state index >= 15 is 0 Å². The van der Waals surface area contributed by atoms with Crippen molar-refractivity contribution in [2.24, 2.45) is 11.7 Å². The highest BCUT2D eigenvalue weighted by Crippen LogP contribution is 2.33. The van der Waals surface area contributed by atoms with Gasteiger partial charge in [0.25, 0.3) is 0 Å². The van der Waals surface area contributed by atoms with Crippen LogP contribution in [0.1, 0.15) is 33.3 Å². The van der Waals surface area contributed by atoms with Gasteiger partial charge in [0.15, 0.2) is 11.5 Å². The standard InChI is InChI=1S/C19H28N2O6/c1-5-21(19(23)27-11-26-18(22)17(20)12(2)3)13(4)8-14-6-7-15-16(9-14)25-10-24-15/h6-7,9,12-13,17H,5,8,10-11,20H2,1-4H3. The van der Waals surface area contributed by atoms with E-state index in [1.54, 1.807) is 4.90 Å².